The van der Waals surface area contributed by atoms with Crippen molar-refractivity contribution in [3.63, 3.8) is 0 Å². The number of ketones is 1. The minimum atomic E-state index is -0.138. The summed E-state index contributed by atoms with van der Waals surface area (Å²) in [7, 11) is 0. The van der Waals surface area contributed by atoms with E-state index in [1.54, 1.807) is 0 Å². The largest absolute Gasteiger partial charge is 0.299 e. The third-order valence-corrected chi connectivity index (χ3v) is 6.95. The highest BCUT2D eigenvalue weighted by Gasteiger charge is 2.67. The fourth-order valence-corrected chi connectivity index (χ4v) is 5.28. The normalized spacial score (nSPS) is 54.6. The van der Waals surface area contributed by atoms with Gasteiger partial charge in [0.25, 0.3) is 0 Å². The second-order valence-corrected chi connectivity index (χ2v) is 6.45. The second-order valence-electron chi connectivity index (χ2n) is 4.78. The Hall–Kier alpha value is 0.630. The first kappa shape index (κ1) is 10.2. The van der Waals surface area contributed by atoms with E-state index >= 15 is 0 Å². The van der Waals surface area contributed by atoms with Crippen molar-refractivity contribution in [1.29, 1.82) is 0 Å². The van der Waals surface area contributed by atoms with Crippen LogP contribution in [0.15, 0.2) is 0 Å². The van der Waals surface area contributed by atoms with Gasteiger partial charge in [-0.3, -0.25) is 4.79 Å². The molecule has 4 unspecified atom stereocenters. The molecule has 2 aliphatic rings. The molecule has 13 heavy (non-hydrogen) atoms. The molecule has 0 aromatic heterocycles. The lowest BCUT2D eigenvalue weighted by Gasteiger charge is -2.36. The summed E-state index contributed by atoms with van der Waals surface area (Å²) in [5.41, 5.74) is 0.0272. The van der Waals surface area contributed by atoms with Crippen LogP contribution >= 0.6 is 31.9 Å². The van der Waals surface area contributed by atoms with Gasteiger partial charge in [-0.2, -0.15) is 0 Å². The van der Waals surface area contributed by atoms with Crippen molar-refractivity contribution in [2.45, 2.75) is 31.5 Å². The molecule has 1 nitrogen and oxygen atoms in total. The van der Waals surface area contributed by atoms with E-state index in [2.05, 4.69) is 45.7 Å². The van der Waals surface area contributed by atoms with Crippen LogP contribution in [0.5, 0.6) is 0 Å². The lowest BCUT2D eigenvalue weighted by atomic mass is 9.70. The van der Waals surface area contributed by atoms with E-state index in [4.69, 9.17) is 0 Å². The summed E-state index contributed by atoms with van der Waals surface area (Å²) in [5, 5.41) is 0.939. The van der Waals surface area contributed by atoms with E-state index in [1.807, 2.05) is 0 Å². The quantitative estimate of drug-likeness (QED) is 0.680. The molecule has 0 N–H and O–H groups in total. The Balaban J connectivity index is 2.49. The van der Waals surface area contributed by atoms with E-state index in [1.165, 1.54) is 0 Å². The van der Waals surface area contributed by atoms with E-state index < -0.39 is 0 Å². The van der Waals surface area contributed by atoms with Crippen LogP contribution in [0.1, 0.15) is 26.7 Å². The summed E-state index contributed by atoms with van der Waals surface area (Å²) in [6, 6.07) is 0. The van der Waals surface area contributed by atoms with Crippen molar-refractivity contribution < 1.29 is 4.79 Å². The van der Waals surface area contributed by atoms with Crippen LogP contribution in [0.25, 0.3) is 0 Å². The Morgan fingerprint density at radius 3 is 2.46 bits per heavy atom. The molecule has 0 aliphatic heterocycles. The van der Waals surface area contributed by atoms with Gasteiger partial charge in [0.15, 0.2) is 0 Å². The molecule has 2 saturated carbocycles. The van der Waals surface area contributed by atoms with Crippen molar-refractivity contribution >= 4 is 37.6 Å². The minimum absolute atomic E-state index is 0.138. The van der Waals surface area contributed by atoms with Gasteiger partial charge in [-0.15, -0.1) is 0 Å². The van der Waals surface area contributed by atoms with Gasteiger partial charge in [-0.25, -0.2) is 0 Å². The number of halogens is 2. The highest BCUT2D eigenvalue weighted by molar-refractivity contribution is 9.09. The maximum Gasteiger partial charge on any atom is 0.140 e. The smallest absolute Gasteiger partial charge is 0.140 e. The van der Waals surface area contributed by atoms with Gasteiger partial charge in [-0.05, 0) is 17.8 Å². The number of carbonyl (C=O) groups is 1. The van der Waals surface area contributed by atoms with Gasteiger partial charge in [0.1, 0.15) is 5.78 Å². The first-order chi connectivity index (χ1) is 5.96. The van der Waals surface area contributed by atoms with Gasteiger partial charge in [0.2, 0.25) is 0 Å². The van der Waals surface area contributed by atoms with Crippen molar-refractivity contribution in [2.75, 3.05) is 5.33 Å². The highest BCUT2D eigenvalue weighted by atomic mass is 79.9. The standard InChI is InChI=1S/C10H14Br2O/c1-9(5-11)6-3-7(12)10(9,2)8(13)4-6/h6-7H,3-5H2,1-2H3. The molecule has 2 aliphatic carbocycles. The minimum Gasteiger partial charge on any atom is -0.299 e. The molecule has 0 saturated heterocycles. The highest BCUT2D eigenvalue weighted by Crippen LogP contribution is 2.66. The van der Waals surface area contributed by atoms with Crippen molar-refractivity contribution in [3.8, 4) is 0 Å². The lowest BCUT2D eigenvalue weighted by molar-refractivity contribution is -0.127. The number of alkyl halides is 2. The average molecular weight is 310 g/mol. The monoisotopic (exact) mass is 308 g/mol. The molecule has 2 rings (SSSR count). The molecular formula is C10H14Br2O. The summed E-state index contributed by atoms with van der Waals surface area (Å²) in [4.78, 5) is 12.3. The molecule has 0 aromatic rings. The zero-order valence-electron chi connectivity index (χ0n) is 7.94. The van der Waals surface area contributed by atoms with Crippen molar-refractivity contribution in [1.82, 2.24) is 0 Å². The maximum atomic E-state index is 11.9. The predicted octanol–water partition coefficient (Wildman–Crippen LogP) is 3.15. The average Bonchev–Trinajstić information content (AvgIpc) is 2.38. The van der Waals surface area contributed by atoms with E-state index in [0.717, 1.165) is 18.2 Å². The molecule has 0 radical (unpaired) electrons. The van der Waals surface area contributed by atoms with Crippen molar-refractivity contribution in [2.24, 2.45) is 16.7 Å². The summed E-state index contributed by atoms with van der Waals surface area (Å²) >= 11 is 7.24. The van der Waals surface area contributed by atoms with Gasteiger partial charge < -0.3 is 0 Å². The number of hydrogen-bond donors (Lipinski definition) is 0. The Labute approximate surface area is 95.9 Å². The molecule has 0 spiro atoms. The predicted molar refractivity (Wildman–Crippen MR) is 60.5 cm³/mol. The van der Waals surface area contributed by atoms with Crippen LogP contribution in [0, 0.1) is 16.7 Å². The first-order valence-corrected chi connectivity index (χ1v) is 6.74. The van der Waals surface area contributed by atoms with Crippen LogP contribution in [0.3, 0.4) is 0 Å². The lowest BCUT2D eigenvalue weighted by Crippen LogP contribution is -2.41. The number of Topliss-reactive ketones (excluding diaryl/α,β-unsaturated/α-hetero) is 1. The third-order valence-electron chi connectivity index (χ3n) is 4.49. The van der Waals surface area contributed by atoms with Gasteiger partial charge >= 0.3 is 0 Å². The zero-order valence-corrected chi connectivity index (χ0v) is 11.1. The Bertz CT molecular complexity index is 266. The molecule has 2 bridgehead atoms. The molecule has 4 atom stereocenters. The third kappa shape index (κ3) is 0.956. The summed E-state index contributed by atoms with van der Waals surface area (Å²) in [6.07, 6.45) is 1.95. The fourth-order valence-electron chi connectivity index (χ4n) is 3.01. The van der Waals surface area contributed by atoms with Gasteiger partial charge in [0, 0.05) is 22.0 Å². The van der Waals surface area contributed by atoms with Gasteiger partial charge in [-0.1, -0.05) is 45.7 Å². The Kier molecular flexibility index (Phi) is 2.20. The van der Waals surface area contributed by atoms with Crippen LogP contribution in [0.2, 0.25) is 0 Å². The SMILES string of the molecule is CC1(CBr)C2CC(=O)C1(C)C(Br)C2. The molecule has 2 fully saturated rings. The zero-order chi connectivity index (χ0) is 9.85. The molecule has 0 heterocycles. The summed E-state index contributed by atoms with van der Waals surface area (Å²) in [5.74, 6) is 1.03. The summed E-state index contributed by atoms with van der Waals surface area (Å²) in [6.45, 7) is 4.38. The number of hydrogen-bond acceptors (Lipinski definition) is 1. The van der Waals surface area contributed by atoms with Crippen LogP contribution < -0.4 is 0 Å². The topological polar surface area (TPSA) is 17.1 Å². The second kappa shape index (κ2) is 2.82. The van der Waals surface area contributed by atoms with Crippen LogP contribution in [0.4, 0.5) is 0 Å². The number of fused-ring (bicyclic) bond motifs is 2. The maximum absolute atomic E-state index is 11.9. The van der Waals surface area contributed by atoms with E-state index in [9.17, 15) is 4.79 Å². The van der Waals surface area contributed by atoms with Gasteiger partial charge in [0.05, 0.1) is 0 Å². The molecular weight excluding hydrogens is 296 g/mol. The fraction of sp³-hybridized carbons (Fsp3) is 0.900. The number of carbonyl (C=O) groups excluding carboxylic acids is 1. The Morgan fingerprint density at radius 1 is 1.54 bits per heavy atom. The molecule has 3 heteroatoms. The number of rotatable bonds is 1. The van der Waals surface area contributed by atoms with Crippen LogP contribution in [-0.2, 0) is 4.79 Å². The molecule has 0 amide bonds. The van der Waals surface area contributed by atoms with E-state index in [-0.39, 0.29) is 10.8 Å². The molecule has 74 valence electrons. The van der Waals surface area contributed by atoms with E-state index in [0.29, 0.717) is 16.5 Å². The molecule has 0 aromatic carbocycles. The first-order valence-electron chi connectivity index (χ1n) is 4.70. The van der Waals surface area contributed by atoms with Crippen molar-refractivity contribution in [3.05, 3.63) is 0 Å². The van der Waals surface area contributed by atoms with Crippen LogP contribution in [-0.4, -0.2) is 15.9 Å². The summed E-state index contributed by atoms with van der Waals surface area (Å²) < 4.78 is 0. The Morgan fingerprint density at radius 2 is 2.15 bits per heavy atom.